The zero-order chi connectivity index (χ0) is 13.8. The van der Waals surface area contributed by atoms with Crippen LogP contribution in [0.25, 0.3) is 0 Å². The topological polar surface area (TPSA) is 15.3 Å². The third-order valence-corrected chi connectivity index (χ3v) is 5.35. The summed E-state index contributed by atoms with van der Waals surface area (Å²) in [5.74, 6) is 1.84. The Morgan fingerprint density at radius 2 is 1.74 bits per heavy atom. The van der Waals surface area contributed by atoms with Crippen molar-refractivity contribution in [3.63, 3.8) is 0 Å². The second-order valence-corrected chi connectivity index (χ2v) is 7.26. The lowest BCUT2D eigenvalue weighted by atomic mass is 9.80. The van der Waals surface area contributed by atoms with Gasteiger partial charge in [0.2, 0.25) is 0 Å². The van der Waals surface area contributed by atoms with Crippen LogP contribution in [-0.2, 0) is 0 Å². The molecule has 19 heavy (non-hydrogen) atoms. The van der Waals surface area contributed by atoms with Crippen molar-refractivity contribution in [3.8, 4) is 0 Å². The Morgan fingerprint density at radius 3 is 2.42 bits per heavy atom. The second-order valence-electron chi connectivity index (χ2n) is 7.26. The fraction of sp³-hybridized carbons (Fsp3) is 1.00. The molecule has 1 aliphatic carbocycles. The van der Waals surface area contributed by atoms with Gasteiger partial charge in [-0.05, 0) is 70.4 Å². The maximum absolute atomic E-state index is 3.83. The van der Waals surface area contributed by atoms with Gasteiger partial charge in [0.05, 0.1) is 0 Å². The van der Waals surface area contributed by atoms with Crippen LogP contribution in [0.4, 0.5) is 0 Å². The van der Waals surface area contributed by atoms with Gasteiger partial charge in [-0.25, -0.2) is 0 Å². The van der Waals surface area contributed by atoms with Crippen LogP contribution >= 0.6 is 0 Å². The van der Waals surface area contributed by atoms with Gasteiger partial charge in [-0.2, -0.15) is 0 Å². The molecule has 0 spiro atoms. The van der Waals surface area contributed by atoms with Crippen molar-refractivity contribution in [1.29, 1.82) is 0 Å². The van der Waals surface area contributed by atoms with Crippen LogP contribution in [-0.4, -0.2) is 36.1 Å². The molecular weight excluding hydrogens is 232 g/mol. The van der Waals surface area contributed by atoms with E-state index in [1.807, 2.05) is 0 Å². The van der Waals surface area contributed by atoms with Crippen LogP contribution in [0.3, 0.4) is 0 Å². The Hall–Kier alpha value is -0.0800. The van der Waals surface area contributed by atoms with Gasteiger partial charge in [-0.1, -0.05) is 20.8 Å². The van der Waals surface area contributed by atoms with Crippen molar-refractivity contribution in [3.05, 3.63) is 0 Å². The van der Waals surface area contributed by atoms with Gasteiger partial charge in [-0.3, -0.25) is 4.90 Å². The summed E-state index contributed by atoms with van der Waals surface area (Å²) in [5, 5.41) is 3.83. The SMILES string of the molecule is CCCNC1CCC(C)CC1N1CCC(C)CC1C. The van der Waals surface area contributed by atoms with Crippen LogP contribution in [0.1, 0.15) is 66.2 Å². The smallest absolute Gasteiger partial charge is 0.0254 e. The van der Waals surface area contributed by atoms with E-state index in [0.717, 1.165) is 30.0 Å². The molecule has 1 aliphatic heterocycles. The molecule has 5 atom stereocenters. The predicted octanol–water partition coefficient (Wildman–Crippen LogP) is 3.66. The summed E-state index contributed by atoms with van der Waals surface area (Å²) in [6, 6.07) is 2.31. The molecule has 1 saturated heterocycles. The number of rotatable bonds is 4. The summed E-state index contributed by atoms with van der Waals surface area (Å²) in [6.07, 6.45) is 8.24. The van der Waals surface area contributed by atoms with E-state index < -0.39 is 0 Å². The van der Waals surface area contributed by atoms with Gasteiger partial charge < -0.3 is 5.32 Å². The van der Waals surface area contributed by atoms with Crippen LogP contribution < -0.4 is 5.32 Å². The monoisotopic (exact) mass is 266 g/mol. The van der Waals surface area contributed by atoms with Crippen molar-refractivity contribution in [2.45, 2.75) is 84.3 Å². The van der Waals surface area contributed by atoms with E-state index in [4.69, 9.17) is 0 Å². The average molecular weight is 266 g/mol. The lowest BCUT2D eigenvalue weighted by molar-refractivity contribution is 0.0326. The first-order valence-electron chi connectivity index (χ1n) is 8.61. The van der Waals surface area contributed by atoms with Crippen molar-refractivity contribution >= 4 is 0 Å². The molecule has 0 amide bonds. The number of nitrogens with one attached hydrogen (secondary N) is 1. The fourth-order valence-electron chi connectivity index (χ4n) is 4.20. The maximum Gasteiger partial charge on any atom is 0.0254 e. The summed E-state index contributed by atoms with van der Waals surface area (Å²) in [7, 11) is 0. The molecule has 1 saturated carbocycles. The molecule has 0 aromatic heterocycles. The molecule has 1 heterocycles. The van der Waals surface area contributed by atoms with E-state index in [2.05, 4.69) is 37.9 Å². The minimum Gasteiger partial charge on any atom is -0.312 e. The molecule has 2 aliphatic rings. The first kappa shape index (κ1) is 15.3. The zero-order valence-corrected chi connectivity index (χ0v) is 13.5. The first-order chi connectivity index (χ1) is 9.11. The van der Waals surface area contributed by atoms with E-state index in [-0.39, 0.29) is 0 Å². The van der Waals surface area contributed by atoms with E-state index in [1.54, 1.807) is 0 Å². The third kappa shape index (κ3) is 3.95. The van der Waals surface area contributed by atoms with Gasteiger partial charge in [-0.15, -0.1) is 0 Å². The minimum absolute atomic E-state index is 0.743. The van der Waals surface area contributed by atoms with Crippen LogP contribution in [0.5, 0.6) is 0 Å². The molecular formula is C17H34N2. The largest absolute Gasteiger partial charge is 0.312 e. The Labute approximate surface area is 120 Å². The van der Waals surface area contributed by atoms with Crippen LogP contribution in [0.2, 0.25) is 0 Å². The van der Waals surface area contributed by atoms with Gasteiger partial charge in [0, 0.05) is 18.1 Å². The van der Waals surface area contributed by atoms with Gasteiger partial charge >= 0.3 is 0 Å². The maximum atomic E-state index is 3.83. The van der Waals surface area contributed by atoms with Crippen molar-refractivity contribution in [2.24, 2.45) is 11.8 Å². The van der Waals surface area contributed by atoms with Crippen LogP contribution in [0.15, 0.2) is 0 Å². The molecule has 0 aromatic carbocycles. The second kappa shape index (κ2) is 7.08. The Bertz CT molecular complexity index is 264. The molecule has 2 rings (SSSR count). The van der Waals surface area contributed by atoms with Crippen molar-refractivity contribution < 1.29 is 0 Å². The first-order valence-corrected chi connectivity index (χ1v) is 8.61. The molecule has 2 nitrogen and oxygen atoms in total. The molecule has 1 N–H and O–H groups in total. The van der Waals surface area contributed by atoms with E-state index in [0.29, 0.717) is 0 Å². The quantitative estimate of drug-likeness (QED) is 0.835. The zero-order valence-electron chi connectivity index (χ0n) is 13.5. The Morgan fingerprint density at radius 1 is 1.00 bits per heavy atom. The third-order valence-electron chi connectivity index (χ3n) is 5.35. The highest BCUT2D eigenvalue weighted by molar-refractivity contribution is 4.93. The lowest BCUT2D eigenvalue weighted by Gasteiger charge is -2.48. The highest BCUT2D eigenvalue weighted by Crippen LogP contribution is 2.33. The van der Waals surface area contributed by atoms with Gasteiger partial charge in [0.1, 0.15) is 0 Å². The fourth-order valence-corrected chi connectivity index (χ4v) is 4.20. The standard InChI is InChI=1S/C17H34N2/c1-5-9-18-16-7-6-13(2)12-17(16)19-10-8-14(3)11-15(19)4/h13-18H,5-12H2,1-4H3. The summed E-state index contributed by atoms with van der Waals surface area (Å²) in [5.41, 5.74) is 0. The Kier molecular flexibility index (Phi) is 5.70. The minimum atomic E-state index is 0.743. The van der Waals surface area contributed by atoms with Crippen molar-refractivity contribution in [2.75, 3.05) is 13.1 Å². The molecule has 2 fully saturated rings. The lowest BCUT2D eigenvalue weighted by Crippen LogP contribution is -2.57. The van der Waals surface area contributed by atoms with E-state index >= 15 is 0 Å². The summed E-state index contributed by atoms with van der Waals surface area (Å²) in [6.45, 7) is 12.1. The molecule has 112 valence electrons. The predicted molar refractivity (Wildman–Crippen MR) is 83.5 cm³/mol. The van der Waals surface area contributed by atoms with E-state index in [1.165, 1.54) is 51.6 Å². The molecule has 2 heteroatoms. The van der Waals surface area contributed by atoms with Crippen molar-refractivity contribution in [1.82, 2.24) is 10.2 Å². The number of hydrogen-bond donors (Lipinski definition) is 1. The summed E-state index contributed by atoms with van der Waals surface area (Å²) < 4.78 is 0. The molecule has 0 aromatic rings. The molecule has 0 radical (unpaired) electrons. The van der Waals surface area contributed by atoms with E-state index in [9.17, 15) is 0 Å². The normalized spacial score (nSPS) is 41.4. The number of hydrogen-bond acceptors (Lipinski definition) is 2. The van der Waals surface area contributed by atoms with Crippen LogP contribution in [0, 0.1) is 11.8 Å². The number of piperidine rings is 1. The number of nitrogens with zero attached hydrogens (tertiary/aromatic N) is 1. The summed E-state index contributed by atoms with van der Waals surface area (Å²) >= 11 is 0. The highest BCUT2D eigenvalue weighted by Gasteiger charge is 2.36. The summed E-state index contributed by atoms with van der Waals surface area (Å²) in [4.78, 5) is 2.84. The van der Waals surface area contributed by atoms with Gasteiger partial charge in [0.25, 0.3) is 0 Å². The molecule has 0 bridgehead atoms. The Balaban J connectivity index is 1.99. The van der Waals surface area contributed by atoms with Gasteiger partial charge in [0.15, 0.2) is 0 Å². The average Bonchev–Trinajstić information content (AvgIpc) is 2.37. The number of likely N-dealkylation sites (tertiary alicyclic amines) is 1. The highest BCUT2D eigenvalue weighted by atomic mass is 15.2. The molecule has 5 unspecified atom stereocenters.